The highest BCUT2D eigenvalue weighted by atomic mass is 16.5. The Hall–Kier alpha value is -1.02. The molecule has 94 valence electrons. The molecular formula is C15H23NO. The van der Waals surface area contributed by atoms with Crippen LogP contribution in [0, 0.1) is 12.8 Å². The zero-order valence-electron chi connectivity index (χ0n) is 11.1. The van der Waals surface area contributed by atoms with Crippen molar-refractivity contribution in [2.75, 3.05) is 19.7 Å². The van der Waals surface area contributed by atoms with E-state index >= 15 is 0 Å². The predicted molar refractivity (Wildman–Crippen MR) is 71.7 cm³/mol. The van der Waals surface area contributed by atoms with Gasteiger partial charge in [0.1, 0.15) is 5.75 Å². The Morgan fingerprint density at radius 2 is 2.12 bits per heavy atom. The molecule has 2 nitrogen and oxygen atoms in total. The van der Waals surface area contributed by atoms with E-state index < -0.39 is 0 Å². The van der Waals surface area contributed by atoms with Crippen LogP contribution in [0.15, 0.2) is 18.2 Å². The molecule has 0 unspecified atom stereocenters. The van der Waals surface area contributed by atoms with Crippen molar-refractivity contribution in [3.8, 4) is 5.75 Å². The van der Waals surface area contributed by atoms with Crippen molar-refractivity contribution in [2.45, 2.75) is 33.1 Å². The number of rotatable bonds is 5. The fourth-order valence-electron chi connectivity index (χ4n) is 2.28. The largest absolute Gasteiger partial charge is 0.494 e. The Kier molecular flexibility index (Phi) is 4.06. The first kappa shape index (κ1) is 12.4. The van der Waals surface area contributed by atoms with Crippen molar-refractivity contribution in [1.82, 2.24) is 5.32 Å². The Balaban J connectivity index is 1.85. The summed E-state index contributed by atoms with van der Waals surface area (Å²) in [5.41, 5.74) is 2.75. The molecule has 1 heterocycles. The molecule has 2 heteroatoms. The Bertz CT molecular complexity index is 369. The average molecular weight is 233 g/mol. The summed E-state index contributed by atoms with van der Waals surface area (Å²) >= 11 is 0. The lowest BCUT2D eigenvalue weighted by atomic mass is 9.98. The summed E-state index contributed by atoms with van der Waals surface area (Å²) in [6.45, 7) is 9.78. The molecule has 2 rings (SSSR count). The van der Waals surface area contributed by atoms with Crippen molar-refractivity contribution in [3.63, 3.8) is 0 Å². The van der Waals surface area contributed by atoms with E-state index in [4.69, 9.17) is 4.74 Å². The maximum atomic E-state index is 5.80. The van der Waals surface area contributed by atoms with E-state index in [1.807, 2.05) is 0 Å². The molecule has 0 atom stereocenters. The van der Waals surface area contributed by atoms with E-state index in [0.717, 1.165) is 37.8 Å². The molecule has 17 heavy (non-hydrogen) atoms. The molecule has 0 amide bonds. The van der Waals surface area contributed by atoms with E-state index in [1.54, 1.807) is 0 Å². The van der Waals surface area contributed by atoms with Gasteiger partial charge in [0, 0.05) is 0 Å². The molecule has 0 bridgehead atoms. The highest BCUT2D eigenvalue weighted by Crippen LogP contribution is 2.23. The molecule has 1 N–H and O–H groups in total. The number of hydrogen-bond acceptors (Lipinski definition) is 2. The predicted octanol–water partition coefficient (Wildman–Crippen LogP) is 3.11. The molecule has 0 radical (unpaired) electrons. The first-order chi connectivity index (χ1) is 8.16. The number of nitrogens with one attached hydrogen (secondary N) is 1. The molecule has 0 aromatic heterocycles. The average Bonchev–Trinajstić information content (AvgIpc) is 2.21. The third kappa shape index (κ3) is 3.22. The zero-order chi connectivity index (χ0) is 12.3. The van der Waals surface area contributed by atoms with Gasteiger partial charge in [-0.1, -0.05) is 19.9 Å². The highest BCUT2D eigenvalue weighted by Gasteiger charge is 2.16. The molecule has 1 fully saturated rings. The van der Waals surface area contributed by atoms with E-state index in [0.29, 0.717) is 5.92 Å². The maximum absolute atomic E-state index is 5.80. The van der Waals surface area contributed by atoms with Gasteiger partial charge in [0.25, 0.3) is 0 Å². The molecule has 0 saturated carbocycles. The second-order valence-electron chi connectivity index (χ2n) is 5.33. The maximum Gasteiger partial charge on any atom is 0.119 e. The monoisotopic (exact) mass is 233 g/mol. The van der Waals surface area contributed by atoms with Crippen LogP contribution in [0.1, 0.15) is 37.3 Å². The first-order valence-corrected chi connectivity index (χ1v) is 6.61. The summed E-state index contributed by atoms with van der Waals surface area (Å²) in [6, 6.07) is 6.45. The number of hydrogen-bond donors (Lipinski definition) is 1. The lowest BCUT2D eigenvalue weighted by Crippen LogP contribution is -2.42. The minimum atomic E-state index is 0.588. The quantitative estimate of drug-likeness (QED) is 0.843. The lowest BCUT2D eigenvalue weighted by molar-refractivity contribution is 0.238. The van der Waals surface area contributed by atoms with Crippen molar-refractivity contribution >= 4 is 0 Å². The molecule has 1 aromatic rings. The van der Waals surface area contributed by atoms with Gasteiger partial charge in [0.05, 0.1) is 6.61 Å². The Labute approximate surface area is 104 Å². The van der Waals surface area contributed by atoms with Crippen molar-refractivity contribution < 1.29 is 4.74 Å². The molecule has 1 saturated heterocycles. The molecule has 1 aliphatic rings. The SMILES string of the molecule is Cc1cc(OCCC2CNC2)ccc1C(C)C. The lowest BCUT2D eigenvalue weighted by Gasteiger charge is -2.26. The second kappa shape index (κ2) is 5.54. The third-order valence-corrected chi connectivity index (χ3v) is 3.52. The third-order valence-electron chi connectivity index (χ3n) is 3.52. The highest BCUT2D eigenvalue weighted by molar-refractivity contribution is 5.36. The Morgan fingerprint density at radius 3 is 2.65 bits per heavy atom. The Morgan fingerprint density at radius 1 is 1.35 bits per heavy atom. The van der Waals surface area contributed by atoms with E-state index in [9.17, 15) is 0 Å². The standard InChI is InChI=1S/C15H23NO/c1-11(2)15-5-4-14(8-12(15)3)17-7-6-13-9-16-10-13/h4-5,8,11,13,16H,6-7,9-10H2,1-3H3. The number of benzene rings is 1. The summed E-state index contributed by atoms with van der Waals surface area (Å²) < 4.78 is 5.80. The minimum absolute atomic E-state index is 0.588. The second-order valence-corrected chi connectivity index (χ2v) is 5.33. The van der Waals surface area contributed by atoms with Crippen LogP contribution in [-0.4, -0.2) is 19.7 Å². The van der Waals surface area contributed by atoms with Gasteiger partial charge >= 0.3 is 0 Å². The van der Waals surface area contributed by atoms with Crippen molar-refractivity contribution in [2.24, 2.45) is 5.92 Å². The molecule has 1 aromatic carbocycles. The van der Waals surface area contributed by atoms with Gasteiger partial charge in [-0.25, -0.2) is 0 Å². The van der Waals surface area contributed by atoms with Crippen LogP contribution >= 0.6 is 0 Å². The van der Waals surface area contributed by atoms with Crippen LogP contribution in [-0.2, 0) is 0 Å². The summed E-state index contributed by atoms with van der Waals surface area (Å²) in [5, 5.41) is 3.28. The molecule has 0 spiro atoms. The van der Waals surface area contributed by atoms with Gasteiger partial charge in [-0.3, -0.25) is 0 Å². The van der Waals surface area contributed by atoms with Crippen LogP contribution in [0.3, 0.4) is 0 Å². The summed E-state index contributed by atoms with van der Waals surface area (Å²) in [5.74, 6) is 2.43. The van der Waals surface area contributed by atoms with Crippen molar-refractivity contribution in [1.29, 1.82) is 0 Å². The summed E-state index contributed by atoms with van der Waals surface area (Å²) in [4.78, 5) is 0. The van der Waals surface area contributed by atoms with Gasteiger partial charge in [-0.2, -0.15) is 0 Å². The topological polar surface area (TPSA) is 21.3 Å². The molecule has 0 aliphatic carbocycles. The summed E-state index contributed by atoms with van der Waals surface area (Å²) in [7, 11) is 0. The summed E-state index contributed by atoms with van der Waals surface area (Å²) in [6.07, 6.45) is 1.16. The molecular weight excluding hydrogens is 210 g/mol. The van der Waals surface area contributed by atoms with Gasteiger partial charge in [-0.15, -0.1) is 0 Å². The van der Waals surface area contributed by atoms with Gasteiger partial charge in [0.2, 0.25) is 0 Å². The number of ether oxygens (including phenoxy) is 1. The van der Waals surface area contributed by atoms with E-state index in [-0.39, 0.29) is 0 Å². The molecule has 1 aliphatic heterocycles. The number of aryl methyl sites for hydroxylation is 1. The smallest absolute Gasteiger partial charge is 0.119 e. The van der Waals surface area contributed by atoms with Crippen LogP contribution in [0.25, 0.3) is 0 Å². The van der Waals surface area contributed by atoms with Crippen LogP contribution in [0.2, 0.25) is 0 Å². The first-order valence-electron chi connectivity index (χ1n) is 6.61. The minimum Gasteiger partial charge on any atom is -0.494 e. The fraction of sp³-hybridized carbons (Fsp3) is 0.600. The van der Waals surface area contributed by atoms with Gasteiger partial charge in [0.15, 0.2) is 0 Å². The van der Waals surface area contributed by atoms with E-state index in [1.165, 1.54) is 11.1 Å². The van der Waals surface area contributed by atoms with Crippen LogP contribution in [0.4, 0.5) is 0 Å². The van der Waals surface area contributed by atoms with Gasteiger partial charge < -0.3 is 10.1 Å². The van der Waals surface area contributed by atoms with Gasteiger partial charge in [-0.05, 0) is 61.5 Å². The van der Waals surface area contributed by atoms with E-state index in [2.05, 4.69) is 44.3 Å². The van der Waals surface area contributed by atoms with Crippen LogP contribution < -0.4 is 10.1 Å². The zero-order valence-corrected chi connectivity index (χ0v) is 11.1. The van der Waals surface area contributed by atoms with Crippen LogP contribution in [0.5, 0.6) is 5.75 Å². The normalized spacial score (nSPS) is 16.0. The van der Waals surface area contributed by atoms with Crippen molar-refractivity contribution in [3.05, 3.63) is 29.3 Å². The fourth-order valence-corrected chi connectivity index (χ4v) is 2.28.